The summed E-state index contributed by atoms with van der Waals surface area (Å²) in [5.41, 5.74) is 0. The summed E-state index contributed by atoms with van der Waals surface area (Å²) in [7, 11) is 0. The minimum absolute atomic E-state index is 0.199. The molecule has 0 aliphatic rings. The van der Waals surface area contributed by atoms with Crippen LogP contribution < -0.4 is 0 Å². The number of thioether (sulfide) groups is 1. The van der Waals surface area contributed by atoms with Crippen LogP contribution in [0.3, 0.4) is 0 Å². The van der Waals surface area contributed by atoms with Crippen LogP contribution in [0.1, 0.15) is 31.4 Å². The minimum atomic E-state index is -0.658. The van der Waals surface area contributed by atoms with Crippen molar-refractivity contribution in [3.8, 4) is 0 Å². The summed E-state index contributed by atoms with van der Waals surface area (Å²) in [5, 5.41) is 17.7. The Hall–Kier alpha value is -0.520. The highest BCUT2D eigenvalue weighted by Gasteiger charge is 2.08. The zero-order valence-corrected chi connectivity index (χ0v) is 9.83. The first-order chi connectivity index (χ1) is 7.13. The van der Waals surface area contributed by atoms with Crippen molar-refractivity contribution in [2.75, 3.05) is 12.4 Å². The molecular weight excluding hydrogens is 214 g/mol. The van der Waals surface area contributed by atoms with Crippen molar-refractivity contribution in [2.24, 2.45) is 0 Å². The first-order valence-corrected chi connectivity index (χ1v) is 6.10. The van der Waals surface area contributed by atoms with Crippen LogP contribution in [0.5, 0.6) is 0 Å². The molecule has 1 atom stereocenters. The lowest BCUT2D eigenvalue weighted by molar-refractivity contribution is 0.113. The molecule has 86 valence electrons. The van der Waals surface area contributed by atoms with Gasteiger partial charge in [-0.2, -0.15) is 0 Å². The van der Waals surface area contributed by atoms with Gasteiger partial charge in [-0.3, -0.25) is 0 Å². The van der Waals surface area contributed by atoms with Crippen molar-refractivity contribution in [1.82, 2.24) is 4.98 Å². The molecule has 0 bridgehead atoms. The third-order valence-corrected chi connectivity index (χ3v) is 2.96. The minimum Gasteiger partial charge on any atom is -0.445 e. The number of hydrogen-bond acceptors (Lipinski definition) is 5. The Morgan fingerprint density at radius 1 is 1.53 bits per heavy atom. The van der Waals surface area contributed by atoms with E-state index in [0.717, 1.165) is 5.76 Å². The van der Waals surface area contributed by atoms with Crippen LogP contribution in [0.4, 0.5) is 0 Å². The molecule has 0 saturated carbocycles. The predicted molar refractivity (Wildman–Crippen MR) is 59.8 cm³/mol. The summed E-state index contributed by atoms with van der Waals surface area (Å²) < 4.78 is 5.48. The number of oxazole rings is 1. The highest BCUT2D eigenvalue weighted by molar-refractivity contribution is 7.98. The molecule has 1 aromatic heterocycles. The van der Waals surface area contributed by atoms with Crippen LogP contribution in [0.15, 0.2) is 10.6 Å². The maximum absolute atomic E-state index is 9.11. The van der Waals surface area contributed by atoms with E-state index in [9.17, 15) is 0 Å². The Morgan fingerprint density at radius 2 is 2.27 bits per heavy atom. The van der Waals surface area contributed by atoms with Crippen molar-refractivity contribution in [1.29, 1.82) is 0 Å². The van der Waals surface area contributed by atoms with Crippen molar-refractivity contribution < 1.29 is 14.6 Å². The second kappa shape index (κ2) is 6.15. The SMILES string of the molecule is CC(C)c1cnc(CSCC(O)CO)o1. The molecule has 1 heterocycles. The molecule has 5 heteroatoms. The smallest absolute Gasteiger partial charge is 0.204 e. The van der Waals surface area contributed by atoms with Crippen LogP contribution >= 0.6 is 11.8 Å². The van der Waals surface area contributed by atoms with Gasteiger partial charge in [-0.15, -0.1) is 11.8 Å². The molecule has 0 amide bonds. The van der Waals surface area contributed by atoms with Gasteiger partial charge in [-0.1, -0.05) is 13.8 Å². The number of aromatic nitrogens is 1. The lowest BCUT2D eigenvalue weighted by atomic mass is 10.2. The zero-order valence-electron chi connectivity index (χ0n) is 9.01. The van der Waals surface area contributed by atoms with E-state index in [1.807, 2.05) is 13.8 Å². The summed E-state index contributed by atoms with van der Waals surface area (Å²) in [5.74, 6) is 3.03. The molecule has 0 aliphatic heterocycles. The van der Waals surface area contributed by atoms with E-state index in [4.69, 9.17) is 14.6 Å². The van der Waals surface area contributed by atoms with Crippen molar-refractivity contribution in [3.05, 3.63) is 17.8 Å². The zero-order chi connectivity index (χ0) is 11.3. The van der Waals surface area contributed by atoms with Crippen LogP contribution in [0.25, 0.3) is 0 Å². The van der Waals surface area contributed by atoms with Gasteiger partial charge in [-0.05, 0) is 0 Å². The van der Waals surface area contributed by atoms with Gasteiger partial charge in [0, 0.05) is 11.7 Å². The lowest BCUT2D eigenvalue weighted by Gasteiger charge is -2.04. The topological polar surface area (TPSA) is 66.5 Å². The molecule has 4 nitrogen and oxygen atoms in total. The molecule has 0 aliphatic carbocycles. The van der Waals surface area contributed by atoms with Crippen LogP contribution in [-0.2, 0) is 5.75 Å². The fraction of sp³-hybridized carbons (Fsp3) is 0.700. The summed E-state index contributed by atoms with van der Waals surface area (Å²) in [6, 6.07) is 0. The Balaban J connectivity index is 2.31. The fourth-order valence-electron chi connectivity index (χ4n) is 0.993. The van der Waals surface area contributed by atoms with Crippen molar-refractivity contribution >= 4 is 11.8 Å². The Bertz CT molecular complexity index is 288. The molecule has 0 aromatic carbocycles. The van der Waals surface area contributed by atoms with Crippen molar-refractivity contribution in [3.63, 3.8) is 0 Å². The van der Waals surface area contributed by atoms with Gasteiger partial charge in [-0.25, -0.2) is 4.98 Å². The molecule has 0 spiro atoms. The summed E-state index contributed by atoms with van der Waals surface area (Å²) in [4.78, 5) is 4.13. The van der Waals surface area contributed by atoms with E-state index in [-0.39, 0.29) is 6.61 Å². The van der Waals surface area contributed by atoms with Crippen LogP contribution in [0, 0.1) is 0 Å². The molecule has 0 radical (unpaired) electrons. The molecule has 2 N–H and O–H groups in total. The van der Waals surface area contributed by atoms with E-state index in [1.165, 1.54) is 11.8 Å². The van der Waals surface area contributed by atoms with Crippen molar-refractivity contribution in [2.45, 2.75) is 31.6 Å². The summed E-state index contributed by atoms with van der Waals surface area (Å²) >= 11 is 1.50. The monoisotopic (exact) mass is 231 g/mol. The van der Waals surface area contributed by atoms with Gasteiger partial charge in [0.1, 0.15) is 5.76 Å². The summed E-state index contributed by atoms with van der Waals surface area (Å²) in [6.07, 6.45) is 1.08. The highest BCUT2D eigenvalue weighted by atomic mass is 32.2. The first kappa shape index (κ1) is 12.5. The van der Waals surface area contributed by atoms with E-state index < -0.39 is 6.10 Å². The number of rotatable bonds is 6. The first-order valence-electron chi connectivity index (χ1n) is 4.94. The Kier molecular flexibility index (Phi) is 5.14. The van der Waals surface area contributed by atoms with E-state index in [0.29, 0.717) is 23.3 Å². The van der Waals surface area contributed by atoms with Gasteiger partial charge in [0.25, 0.3) is 0 Å². The summed E-state index contributed by atoms with van der Waals surface area (Å²) in [6.45, 7) is 3.90. The molecule has 0 saturated heterocycles. The van der Waals surface area contributed by atoms with E-state index in [1.54, 1.807) is 6.20 Å². The maximum atomic E-state index is 9.11. The third-order valence-electron chi connectivity index (χ3n) is 1.89. The molecule has 15 heavy (non-hydrogen) atoms. The van der Waals surface area contributed by atoms with Gasteiger partial charge in [0.05, 0.1) is 24.7 Å². The molecular formula is C10H17NO3S. The number of aliphatic hydroxyl groups is 2. The standard InChI is InChI=1S/C10H17NO3S/c1-7(2)9-3-11-10(14-9)6-15-5-8(13)4-12/h3,7-8,12-13H,4-6H2,1-2H3. The van der Waals surface area contributed by atoms with E-state index >= 15 is 0 Å². The second-order valence-electron chi connectivity index (χ2n) is 3.66. The second-order valence-corrected chi connectivity index (χ2v) is 4.69. The normalized spacial score (nSPS) is 13.4. The molecule has 0 fully saturated rings. The third kappa shape index (κ3) is 4.24. The number of nitrogens with zero attached hydrogens (tertiary/aromatic N) is 1. The molecule has 1 rings (SSSR count). The predicted octanol–water partition coefficient (Wildman–Crippen LogP) is 1.38. The quantitative estimate of drug-likeness (QED) is 0.774. The van der Waals surface area contributed by atoms with Gasteiger partial charge in [0.15, 0.2) is 0 Å². The Labute approximate surface area is 93.7 Å². The average Bonchev–Trinajstić information content (AvgIpc) is 2.66. The van der Waals surface area contributed by atoms with Gasteiger partial charge < -0.3 is 14.6 Å². The van der Waals surface area contributed by atoms with Gasteiger partial charge in [0.2, 0.25) is 5.89 Å². The van der Waals surface area contributed by atoms with E-state index in [2.05, 4.69) is 4.98 Å². The van der Waals surface area contributed by atoms with Crippen LogP contribution in [-0.4, -0.2) is 33.7 Å². The number of hydrogen-bond donors (Lipinski definition) is 2. The van der Waals surface area contributed by atoms with Crippen LogP contribution in [0.2, 0.25) is 0 Å². The van der Waals surface area contributed by atoms with Gasteiger partial charge >= 0.3 is 0 Å². The molecule has 1 aromatic rings. The maximum Gasteiger partial charge on any atom is 0.204 e. The largest absolute Gasteiger partial charge is 0.445 e. The fourth-order valence-corrected chi connectivity index (χ4v) is 1.80. The Morgan fingerprint density at radius 3 is 2.80 bits per heavy atom. The lowest BCUT2D eigenvalue weighted by Crippen LogP contribution is -2.14. The highest BCUT2D eigenvalue weighted by Crippen LogP contribution is 2.18. The average molecular weight is 231 g/mol. The number of aliphatic hydroxyl groups excluding tert-OH is 2. The molecule has 1 unspecified atom stereocenters.